The first-order chi connectivity index (χ1) is 26.4. The normalized spacial score (nSPS) is 19.6. The summed E-state index contributed by atoms with van der Waals surface area (Å²) < 4.78 is 82.8. The molecule has 5 aromatic rings. The molecule has 0 radical (unpaired) electrons. The number of nitrogens with one attached hydrogen (secondary N) is 1. The molecule has 55 heavy (non-hydrogen) atoms. The largest absolute Gasteiger partial charge is 0.392 e. The smallest absolute Gasteiger partial charge is 0.257 e. The molecule has 1 amide bonds. The van der Waals surface area contributed by atoms with Crippen LogP contribution in [0.5, 0.6) is 0 Å². The number of nitrogens with zero attached hydrogens (tertiary/aromatic N) is 1. The van der Waals surface area contributed by atoms with E-state index >= 15 is 0 Å². The molecule has 0 saturated carbocycles. The predicted octanol–water partition coefficient (Wildman–Crippen LogP) is 8.32. The summed E-state index contributed by atoms with van der Waals surface area (Å²) >= 11 is 0. The van der Waals surface area contributed by atoms with E-state index in [1.807, 2.05) is 92.8 Å². The molecule has 1 aliphatic rings. The van der Waals surface area contributed by atoms with E-state index in [4.69, 9.17) is 9.47 Å². The molecule has 5 aromatic carbocycles. The van der Waals surface area contributed by atoms with E-state index in [-0.39, 0.29) is 37.3 Å². The number of halogens is 5. The fourth-order valence-electron chi connectivity index (χ4n) is 6.79. The van der Waals surface area contributed by atoms with Crippen molar-refractivity contribution < 1.29 is 46.4 Å². The lowest BCUT2D eigenvalue weighted by Gasteiger charge is -2.43. The van der Waals surface area contributed by atoms with Crippen molar-refractivity contribution in [2.24, 2.45) is 5.92 Å². The number of likely N-dealkylation sites (N-methyl/N-ethyl adjacent to an activating group) is 1. The minimum Gasteiger partial charge on any atom is -0.392 e. The molecule has 1 fully saturated rings. The lowest BCUT2D eigenvalue weighted by Crippen LogP contribution is -2.46. The van der Waals surface area contributed by atoms with Gasteiger partial charge in [0.2, 0.25) is 5.82 Å². The first kappa shape index (κ1) is 39.7. The number of rotatable bonds is 12. The zero-order chi connectivity index (χ0) is 39.4. The molecule has 7 nitrogen and oxygen atoms in total. The van der Waals surface area contributed by atoms with Crippen LogP contribution >= 0.6 is 0 Å². The molecule has 1 saturated heterocycles. The Labute approximate surface area is 316 Å². The van der Waals surface area contributed by atoms with Crippen LogP contribution in [-0.2, 0) is 22.6 Å². The zero-order valence-electron chi connectivity index (χ0n) is 30.4. The highest BCUT2D eigenvalue weighted by Gasteiger charge is 2.40. The van der Waals surface area contributed by atoms with Gasteiger partial charge in [-0.1, -0.05) is 110 Å². The molecular weight excluding hydrogens is 719 g/mol. The summed E-state index contributed by atoms with van der Waals surface area (Å²) in [4.78, 5) is 14.7. The Morgan fingerprint density at radius 3 is 2.00 bits per heavy atom. The van der Waals surface area contributed by atoms with Crippen molar-refractivity contribution in [2.75, 3.05) is 13.6 Å². The lowest BCUT2D eigenvalue weighted by molar-refractivity contribution is -0.276. The standard InChI is InChI=1S/C43H41F5N2O5/c1-24-33(22-50(3)25(2)40(52)28-9-5-4-6-10-28)54-43(55-41(24)29-15-13-26(23-51)14-16-29)30-19-17-27(18-20-30)32-12-8-7-11-31(32)21-49-42(53)34-35(44)37(46)39(48)38(47)36(34)45/h4-20,24-25,33,40-41,43,51-52H,21-23H2,1-3H3,(H,49,53)/t24-,25-,33+,40-,41+,43+/m1/s1. The van der Waals surface area contributed by atoms with Crippen LogP contribution in [0.3, 0.4) is 0 Å². The predicted molar refractivity (Wildman–Crippen MR) is 196 cm³/mol. The van der Waals surface area contributed by atoms with Gasteiger partial charge in [-0.25, -0.2) is 22.0 Å². The number of hydrogen-bond acceptors (Lipinski definition) is 6. The number of amides is 1. The highest BCUT2D eigenvalue weighted by Crippen LogP contribution is 2.42. The molecule has 0 bridgehead atoms. The number of aliphatic hydroxyl groups is 2. The molecule has 0 aliphatic carbocycles. The van der Waals surface area contributed by atoms with Crippen molar-refractivity contribution in [1.29, 1.82) is 0 Å². The number of benzene rings is 5. The summed E-state index contributed by atoms with van der Waals surface area (Å²) in [7, 11) is 1.94. The van der Waals surface area contributed by atoms with Crippen molar-refractivity contribution >= 4 is 5.91 Å². The van der Waals surface area contributed by atoms with Crippen LogP contribution in [0.25, 0.3) is 11.1 Å². The highest BCUT2D eigenvalue weighted by atomic mass is 19.2. The van der Waals surface area contributed by atoms with Crippen LogP contribution < -0.4 is 5.32 Å². The maximum atomic E-state index is 14.3. The minimum atomic E-state index is -2.35. The zero-order valence-corrected chi connectivity index (χ0v) is 30.4. The number of ether oxygens (including phenoxy) is 2. The van der Waals surface area contributed by atoms with Gasteiger partial charge in [0.25, 0.3) is 5.91 Å². The van der Waals surface area contributed by atoms with Crippen molar-refractivity contribution in [2.45, 2.75) is 57.6 Å². The summed E-state index contributed by atoms with van der Waals surface area (Å²) in [5.41, 5.74) is 3.54. The molecule has 1 aliphatic heterocycles. The van der Waals surface area contributed by atoms with Gasteiger partial charge in [0.15, 0.2) is 29.6 Å². The summed E-state index contributed by atoms with van der Waals surface area (Å²) in [6.07, 6.45) is -2.20. The molecule has 3 N–H and O–H groups in total. The Bertz CT molecular complexity index is 2070. The van der Waals surface area contributed by atoms with Crippen molar-refractivity contribution in [3.63, 3.8) is 0 Å². The SMILES string of the molecule is C[C@@H]1[C@H](CN(C)[C@H](C)[C@@H](O)c2ccccc2)O[C@H](c2ccc(-c3ccccc3CNC(=O)c3c(F)c(F)c(F)c(F)c3F)cc2)O[C@@H]1c1ccc(CO)cc1. The van der Waals surface area contributed by atoms with Gasteiger partial charge in [-0.15, -0.1) is 0 Å². The van der Waals surface area contributed by atoms with E-state index in [9.17, 15) is 37.0 Å². The van der Waals surface area contributed by atoms with Crippen molar-refractivity contribution in [1.82, 2.24) is 10.2 Å². The van der Waals surface area contributed by atoms with Crippen LogP contribution in [0.15, 0.2) is 103 Å². The second-order valence-corrected chi connectivity index (χ2v) is 13.8. The van der Waals surface area contributed by atoms with Crippen molar-refractivity contribution in [3.05, 3.63) is 166 Å². The maximum Gasteiger partial charge on any atom is 0.257 e. The van der Waals surface area contributed by atoms with E-state index in [0.717, 1.165) is 22.3 Å². The summed E-state index contributed by atoms with van der Waals surface area (Å²) in [6.45, 7) is 4.15. The fraction of sp³-hybridized carbons (Fsp3) is 0.279. The highest BCUT2D eigenvalue weighted by molar-refractivity contribution is 5.95. The van der Waals surface area contributed by atoms with E-state index in [2.05, 4.69) is 17.1 Å². The molecular formula is C43H41F5N2O5. The third-order valence-electron chi connectivity index (χ3n) is 10.3. The molecule has 288 valence electrons. The molecule has 0 spiro atoms. The van der Waals surface area contributed by atoms with Crippen LogP contribution in [0.4, 0.5) is 22.0 Å². The number of hydrogen-bond donors (Lipinski definition) is 3. The Hall–Kier alpha value is -4.98. The number of carbonyl (C=O) groups excluding carboxylic acids is 1. The van der Waals surface area contributed by atoms with Gasteiger partial charge >= 0.3 is 0 Å². The molecule has 0 unspecified atom stereocenters. The van der Waals surface area contributed by atoms with Gasteiger partial charge in [-0.05, 0) is 47.4 Å². The minimum absolute atomic E-state index is 0.0880. The summed E-state index contributed by atoms with van der Waals surface area (Å²) in [6, 6.07) is 31.0. The van der Waals surface area contributed by atoms with Crippen LogP contribution in [-0.4, -0.2) is 46.8 Å². The molecule has 6 atom stereocenters. The van der Waals surface area contributed by atoms with E-state index < -0.39 is 53.0 Å². The average Bonchev–Trinajstić information content (AvgIpc) is 3.22. The second kappa shape index (κ2) is 17.2. The van der Waals surface area contributed by atoms with Crippen molar-refractivity contribution in [3.8, 4) is 11.1 Å². The Balaban J connectivity index is 1.22. The monoisotopic (exact) mass is 760 g/mol. The van der Waals surface area contributed by atoms with Crippen LogP contribution in [0, 0.1) is 35.0 Å². The van der Waals surface area contributed by atoms with Gasteiger partial charge in [-0.3, -0.25) is 9.69 Å². The lowest BCUT2D eigenvalue weighted by atomic mass is 9.89. The maximum absolute atomic E-state index is 14.3. The molecule has 12 heteroatoms. The van der Waals surface area contributed by atoms with Gasteiger partial charge in [0.05, 0.1) is 24.9 Å². The number of carbonyl (C=O) groups is 1. The summed E-state index contributed by atoms with van der Waals surface area (Å²) in [5, 5.41) is 23.0. The third kappa shape index (κ3) is 8.48. The first-order valence-corrected chi connectivity index (χ1v) is 17.8. The first-order valence-electron chi connectivity index (χ1n) is 17.8. The molecule has 1 heterocycles. The quantitative estimate of drug-likeness (QED) is 0.0674. The Kier molecular flexibility index (Phi) is 12.4. The third-order valence-corrected chi connectivity index (χ3v) is 10.3. The molecule has 0 aromatic heterocycles. The second-order valence-electron chi connectivity index (χ2n) is 13.8. The van der Waals surface area contributed by atoms with Gasteiger partial charge < -0.3 is 25.0 Å². The number of aliphatic hydroxyl groups excluding tert-OH is 2. The van der Waals surface area contributed by atoms with Crippen LogP contribution in [0.2, 0.25) is 0 Å². The van der Waals surface area contributed by atoms with E-state index in [1.165, 1.54) is 0 Å². The topological polar surface area (TPSA) is 91.3 Å². The Morgan fingerprint density at radius 1 is 0.782 bits per heavy atom. The fourth-order valence-corrected chi connectivity index (χ4v) is 6.79. The summed E-state index contributed by atoms with van der Waals surface area (Å²) in [5.74, 6) is -12.7. The average molecular weight is 761 g/mol. The van der Waals surface area contributed by atoms with E-state index in [1.54, 1.807) is 24.3 Å². The van der Waals surface area contributed by atoms with Gasteiger partial charge in [0.1, 0.15) is 5.56 Å². The van der Waals surface area contributed by atoms with E-state index in [0.29, 0.717) is 23.2 Å². The van der Waals surface area contributed by atoms with Gasteiger partial charge in [-0.2, -0.15) is 0 Å². The Morgan fingerprint density at radius 2 is 1.36 bits per heavy atom. The molecule has 6 rings (SSSR count). The van der Waals surface area contributed by atoms with Gasteiger partial charge in [0, 0.05) is 30.6 Å². The van der Waals surface area contributed by atoms with Crippen LogP contribution in [0.1, 0.15) is 70.5 Å².